The molecule has 0 saturated carbocycles. The van der Waals surface area contributed by atoms with Crippen molar-refractivity contribution < 1.29 is 14.0 Å². The highest BCUT2D eigenvalue weighted by Crippen LogP contribution is 2.40. The third-order valence-electron chi connectivity index (χ3n) is 6.25. The third kappa shape index (κ3) is 4.63. The number of carbonyl (C=O) groups excluding carboxylic acids is 2. The van der Waals surface area contributed by atoms with Crippen molar-refractivity contribution in [1.82, 2.24) is 14.8 Å². The minimum atomic E-state index is -0.312. The van der Waals surface area contributed by atoms with Crippen LogP contribution in [0.1, 0.15) is 36.9 Å². The summed E-state index contributed by atoms with van der Waals surface area (Å²) in [4.78, 5) is 33.2. The molecular formula is C23H26FN3O2. The van der Waals surface area contributed by atoms with Crippen LogP contribution in [0.3, 0.4) is 0 Å². The fourth-order valence-corrected chi connectivity index (χ4v) is 4.51. The van der Waals surface area contributed by atoms with Gasteiger partial charge in [-0.25, -0.2) is 4.39 Å². The Balaban J connectivity index is 1.35. The van der Waals surface area contributed by atoms with E-state index in [9.17, 15) is 14.0 Å². The summed E-state index contributed by atoms with van der Waals surface area (Å²) >= 11 is 0. The Labute approximate surface area is 170 Å². The van der Waals surface area contributed by atoms with E-state index < -0.39 is 0 Å². The first-order valence-electron chi connectivity index (χ1n) is 10.2. The first-order valence-corrected chi connectivity index (χ1v) is 10.2. The van der Waals surface area contributed by atoms with E-state index in [1.807, 2.05) is 28.0 Å². The van der Waals surface area contributed by atoms with Gasteiger partial charge in [0.15, 0.2) is 0 Å². The highest BCUT2D eigenvalue weighted by atomic mass is 19.1. The summed E-state index contributed by atoms with van der Waals surface area (Å²) in [7, 11) is 0. The fourth-order valence-electron chi connectivity index (χ4n) is 4.51. The van der Waals surface area contributed by atoms with Crippen LogP contribution in [0, 0.1) is 11.2 Å². The molecule has 2 aromatic rings. The van der Waals surface area contributed by atoms with Crippen molar-refractivity contribution in [2.45, 2.75) is 38.6 Å². The molecule has 5 nitrogen and oxygen atoms in total. The molecule has 6 heteroatoms. The average molecular weight is 395 g/mol. The third-order valence-corrected chi connectivity index (χ3v) is 6.25. The van der Waals surface area contributed by atoms with Gasteiger partial charge in [-0.1, -0.05) is 18.2 Å². The number of nitrogens with zero attached hydrogens (tertiary/aromatic N) is 3. The second-order valence-corrected chi connectivity index (χ2v) is 8.26. The molecule has 2 saturated heterocycles. The van der Waals surface area contributed by atoms with Crippen LogP contribution in [0.15, 0.2) is 48.7 Å². The van der Waals surface area contributed by atoms with Gasteiger partial charge in [-0.15, -0.1) is 0 Å². The molecule has 1 spiro atoms. The second-order valence-electron chi connectivity index (χ2n) is 8.26. The number of hydrogen-bond donors (Lipinski definition) is 0. The van der Waals surface area contributed by atoms with E-state index in [0.29, 0.717) is 31.6 Å². The van der Waals surface area contributed by atoms with E-state index in [2.05, 4.69) is 4.98 Å². The number of benzene rings is 1. The molecule has 0 atom stereocenters. The number of carbonyl (C=O) groups is 2. The zero-order valence-corrected chi connectivity index (χ0v) is 16.5. The molecular weight excluding hydrogens is 369 g/mol. The van der Waals surface area contributed by atoms with Crippen molar-refractivity contribution >= 4 is 11.8 Å². The molecule has 2 amide bonds. The Kier molecular flexibility index (Phi) is 5.60. The van der Waals surface area contributed by atoms with Crippen molar-refractivity contribution in [2.75, 3.05) is 19.6 Å². The maximum absolute atomic E-state index is 13.4. The molecule has 0 unspecified atom stereocenters. The Morgan fingerprint density at radius 2 is 1.93 bits per heavy atom. The second kappa shape index (κ2) is 8.31. The van der Waals surface area contributed by atoms with E-state index in [1.54, 1.807) is 18.3 Å². The number of halogens is 1. The van der Waals surface area contributed by atoms with Crippen LogP contribution in [0.2, 0.25) is 0 Å². The van der Waals surface area contributed by atoms with Gasteiger partial charge in [0.1, 0.15) is 5.82 Å². The van der Waals surface area contributed by atoms with Crippen LogP contribution in [0.4, 0.5) is 4.39 Å². The maximum Gasteiger partial charge on any atom is 0.226 e. The van der Waals surface area contributed by atoms with Crippen LogP contribution in [-0.4, -0.2) is 46.2 Å². The van der Waals surface area contributed by atoms with Crippen LogP contribution < -0.4 is 0 Å². The largest absolute Gasteiger partial charge is 0.342 e. The number of piperidine rings is 2. The summed E-state index contributed by atoms with van der Waals surface area (Å²) in [6, 6.07) is 12.0. The van der Waals surface area contributed by atoms with Crippen LogP contribution in [0.5, 0.6) is 0 Å². The van der Waals surface area contributed by atoms with Gasteiger partial charge in [0.2, 0.25) is 11.8 Å². The zero-order valence-electron chi connectivity index (χ0n) is 16.5. The smallest absolute Gasteiger partial charge is 0.226 e. The SMILES string of the molecule is O=C(Cc1cccc(F)c1)N1CCC2(CCC(=O)N(Cc3ccccn3)C2)CC1. The van der Waals surface area contributed by atoms with E-state index in [0.717, 1.165) is 31.5 Å². The molecule has 29 heavy (non-hydrogen) atoms. The maximum atomic E-state index is 13.4. The lowest BCUT2D eigenvalue weighted by Crippen LogP contribution is -2.52. The molecule has 0 bridgehead atoms. The zero-order chi connectivity index (χ0) is 20.3. The highest BCUT2D eigenvalue weighted by Gasteiger charge is 2.41. The predicted octanol–water partition coefficient (Wildman–Crippen LogP) is 3.19. The summed E-state index contributed by atoms with van der Waals surface area (Å²) in [6.07, 6.45) is 5.22. The van der Waals surface area contributed by atoms with E-state index in [1.165, 1.54) is 12.1 Å². The van der Waals surface area contributed by atoms with Gasteiger partial charge in [0.05, 0.1) is 18.7 Å². The number of likely N-dealkylation sites (tertiary alicyclic amines) is 2. The Morgan fingerprint density at radius 1 is 1.10 bits per heavy atom. The van der Waals surface area contributed by atoms with Gasteiger partial charge in [-0.05, 0) is 54.5 Å². The monoisotopic (exact) mass is 395 g/mol. The first-order chi connectivity index (χ1) is 14.0. The van der Waals surface area contributed by atoms with Gasteiger partial charge in [-0.2, -0.15) is 0 Å². The first kappa shape index (κ1) is 19.6. The fraction of sp³-hybridized carbons (Fsp3) is 0.435. The predicted molar refractivity (Wildman–Crippen MR) is 107 cm³/mol. The standard InChI is InChI=1S/C23H26FN3O2/c24-19-5-3-4-18(14-19)15-22(29)26-12-9-23(10-13-26)8-7-21(28)27(17-23)16-20-6-1-2-11-25-20/h1-6,11,14H,7-10,12-13,15-17H2. The van der Waals surface area contributed by atoms with E-state index in [4.69, 9.17) is 0 Å². The van der Waals surface area contributed by atoms with Crippen LogP contribution in [0.25, 0.3) is 0 Å². The number of aromatic nitrogens is 1. The molecule has 1 aromatic carbocycles. The lowest BCUT2D eigenvalue weighted by atomic mass is 9.72. The highest BCUT2D eigenvalue weighted by molar-refractivity contribution is 5.79. The summed E-state index contributed by atoms with van der Waals surface area (Å²) in [6.45, 7) is 2.66. The lowest BCUT2D eigenvalue weighted by molar-refractivity contribution is -0.143. The molecule has 2 aliphatic rings. The lowest BCUT2D eigenvalue weighted by Gasteiger charge is -2.47. The topological polar surface area (TPSA) is 53.5 Å². The summed E-state index contributed by atoms with van der Waals surface area (Å²) in [5.74, 6) is -0.0821. The number of rotatable bonds is 4. The molecule has 0 radical (unpaired) electrons. The molecule has 3 heterocycles. The number of pyridine rings is 1. The molecule has 0 N–H and O–H groups in total. The van der Waals surface area contributed by atoms with Gasteiger partial charge in [0, 0.05) is 32.3 Å². The Morgan fingerprint density at radius 3 is 2.66 bits per heavy atom. The molecule has 0 aliphatic carbocycles. The Bertz CT molecular complexity index is 879. The van der Waals surface area contributed by atoms with E-state index >= 15 is 0 Å². The minimum absolute atomic E-state index is 0.0441. The summed E-state index contributed by atoms with van der Waals surface area (Å²) in [5, 5.41) is 0. The van der Waals surface area contributed by atoms with Gasteiger partial charge in [0.25, 0.3) is 0 Å². The summed E-state index contributed by atoms with van der Waals surface area (Å²) < 4.78 is 13.4. The van der Waals surface area contributed by atoms with Crippen LogP contribution >= 0.6 is 0 Å². The molecule has 1 aromatic heterocycles. The van der Waals surface area contributed by atoms with Gasteiger partial charge in [-0.3, -0.25) is 14.6 Å². The summed E-state index contributed by atoms with van der Waals surface area (Å²) in [5.41, 5.74) is 1.69. The Hall–Kier alpha value is -2.76. The van der Waals surface area contributed by atoms with Crippen molar-refractivity contribution in [3.05, 3.63) is 65.7 Å². The normalized spacial score (nSPS) is 18.9. The molecule has 4 rings (SSSR count). The van der Waals surface area contributed by atoms with E-state index in [-0.39, 0.29) is 29.5 Å². The quantitative estimate of drug-likeness (QED) is 0.799. The molecule has 152 valence electrons. The molecule has 2 fully saturated rings. The van der Waals surface area contributed by atoms with Crippen molar-refractivity contribution in [2.24, 2.45) is 5.41 Å². The number of amides is 2. The van der Waals surface area contributed by atoms with Crippen LogP contribution in [-0.2, 0) is 22.6 Å². The average Bonchev–Trinajstić information content (AvgIpc) is 2.72. The van der Waals surface area contributed by atoms with Crippen molar-refractivity contribution in [1.29, 1.82) is 0 Å². The van der Waals surface area contributed by atoms with Crippen molar-refractivity contribution in [3.8, 4) is 0 Å². The molecule has 2 aliphatic heterocycles. The van der Waals surface area contributed by atoms with Gasteiger partial charge < -0.3 is 9.80 Å². The van der Waals surface area contributed by atoms with Gasteiger partial charge >= 0.3 is 0 Å². The van der Waals surface area contributed by atoms with Crippen molar-refractivity contribution in [3.63, 3.8) is 0 Å². The minimum Gasteiger partial charge on any atom is -0.342 e. The number of hydrogen-bond acceptors (Lipinski definition) is 3.